The Morgan fingerprint density at radius 3 is 2.77 bits per heavy atom. The molecule has 0 aliphatic rings. The van der Waals surface area contributed by atoms with Gasteiger partial charge in [0.15, 0.2) is 0 Å². The number of fused-ring (bicyclic) bond motifs is 1. The summed E-state index contributed by atoms with van der Waals surface area (Å²) in [4.78, 5) is 1.19. The van der Waals surface area contributed by atoms with Crippen LogP contribution in [-0.2, 0) is 0 Å². The van der Waals surface area contributed by atoms with Crippen molar-refractivity contribution in [1.29, 1.82) is 0 Å². The van der Waals surface area contributed by atoms with Crippen LogP contribution in [0.15, 0.2) is 22.4 Å². The van der Waals surface area contributed by atoms with Crippen LogP contribution >= 0.6 is 46.3 Å². The molecule has 0 nitrogen and oxygen atoms in total. The van der Waals surface area contributed by atoms with Crippen molar-refractivity contribution in [1.82, 2.24) is 0 Å². The number of benzene rings is 1. The van der Waals surface area contributed by atoms with E-state index in [1.165, 1.54) is 9.60 Å². The molecule has 0 radical (unpaired) electrons. The minimum Gasteiger partial charge on any atom is -0.141 e. The molecule has 4 heteroatoms. The predicted molar refractivity (Wildman–Crippen MR) is 63.6 cm³/mol. The highest BCUT2D eigenvalue weighted by molar-refractivity contribution is 7.99. The molecule has 0 spiro atoms. The molecule has 0 aliphatic heterocycles. The lowest BCUT2D eigenvalue weighted by molar-refractivity contribution is 1.59. The Morgan fingerprint density at radius 1 is 1.31 bits per heavy atom. The van der Waals surface area contributed by atoms with Crippen LogP contribution in [0.2, 0.25) is 10.0 Å². The molecule has 2 rings (SSSR count). The number of thioether (sulfide) groups is 1. The maximum atomic E-state index is 6.02. The Bertz CT molecular complexity index is 448. The highest BCUT2D eigenvalue weighted by Gasteiger charge is 2.07. The first-order valence-corrected chi connectivity index (χ1v) is 6.48. The summed E-state index contributed by atoms with van der Waals surface area (Å²) in [7, 11) is 0. The van der Waals surface area contributed by atoms with Gasteiger partial charge in [0, 0.05) is 25.4 Å². The monoisotopic (exact) mass is 248 g/mol. The van der Waals surface area contributed by atoms with Crippen molar-refractivity contribution in [3.05, 3.63) is 27.6 Å². The molecule has 13 heavy (non-hydrogen) atoms. The molecule has 1 aromatic heterocycles. The van der Waals surface area contributed by atoms with Gasteiger partial charge in [-0.15, -0.1) is 23.1 Å². The van der Waals surface area contributed by atoms with Crippen LogP contribution in [0.25, 0.3) is 10.1 Å². The molecule has 0 atom stereocenters. The van der Waals surface area contributed by atoms with Gasteiger partial charge in [0.2, 0.25) is 0 Å². The van der Waals surface area contributed by atoms with Crippen molar-refractivity contribution in [3.63, 3.8) is 0 Å². The summed E-state index contributed by atoms with van der Waals surface area (Å²) in [6.07, 6.45) is 2.04. The molecule has 0 saturated carbocycles. The Labute approximate surface area is 94.8 Å². The maximum Gasteiger partial charge on any atom is 0.0592 e. The summed E-state index contributed by atoms with van der Waals surface area (Å²) >= 11 is 15.3. The average Bonchev–Trinajstić information content (AvgIpc) is 2.47. The minimum atomic E-state index is 0.747. The summed E-state index contributed by atoms with van der Waals surface area (Å²) in [5, 5.41) is 4.54. The van der Waals surface area contributed by atoms with E-state index < -0.39 is 0 Å². The van der Waals surface area contributed by atoms with Crippen LogP contribution in [-0.4, -0.2) is 6.26 Å². The van der Waals surface area contributed by atoms with Crippen LogP contribution in [0.1, 0.15) is 0 Å². The normalized spacial score (nSPS) is 11.0. The molecule has 0 fully saturated rings. The summed E-state index contributed by atoms with van der Waals surface area (Å²) in [6, 6.07) is 3.89. The average molecular weight is 249 g/mol. The first-order chi connectivity index (χ1) is 6.22. The Hall–Kier alpha value is 0.110. The SMILES string of the molecule is CSc1cc(Cl)cc2c(Cl)csc12. The van der Waals surface area contributed by atoms with Crippen LogP contribution in [0.4, 0.5) is 0 Å². The van der Waals surface area contributed by atoms with Gasteiger partial charge < -0.3 is 0 Å². The lowest BCUT2D eigenvalue weighted by Crippen LogP contribution is -1.72. The predicted octanol–water partition coefficient (Wildman–Crippen LogP) is 4.93. The quantitative estimate of drug-likeness (QED) is 0.646. The Kier molecular flexibility index (Phi) is 2.75. The second-order valence-electron chi connectivity index (χ2n) is 2.57. The van der Waals surface area contributed by atoms with Crippen LogP contribution in [0.5, 0.6) is 0 Å². The molecule has 0 amide bonds. The lowest BCUT2D eigenvalue weighted by atomic mass is 10.3. The van der Waals surface area contributed by atoms with E-state index in [-0.39, 0.29) is 0 Å². The summed E-state index contributed by atoms with van der Waals surface area (Å²) in [6.45, 7) is 0. The van der Waals surface area contributed by atoms with E-state index in [0.29, 0.717) is 0 Å². The molecule has 68 valence electrons. The van der Waals surface area contributed by atoms with E-state index in [4.69, 9.17) is 23.2 Å². The van der Waals surface area contributed by atoms with Gasteiger partial charge in [-0.05, 0) is 18.4 Å². The van der Waals surface area contributed by atoms with Gasteiger partial charge in [-0.25, -0.2) is 0 Å². The first-order valence-electron chi connectivity index (χ1n) is 3.62. The van der Waals surface area contributed by atoms with E-state index in [0.717, 1.165) is 15.4 Å². The standard InChI is InChI=1S/C9H6Cl2S2/c1-12-8-3-5(10)2-6-7(11)4-13-9(6)8/h2-4H,1H3. The highest BCUT2D eigenvalue weighted by Crippen LogP contribution is 2.38. The third-order valence-corrected chi connectivity index (χ3v) is 4.36. The van der Waals surface area contributed by atoms with E-state index in [9.17, 15) is 0 Å². The van der Waals surface area contributed by atoms with E-state index in [2.05, 4.69) is 0 Å². The van der Waals surface area contributed by atoms with Crippen LogP contribution in [0.3, 0.4) is 0 Å². The smallest absolute Gasteiger partial charge is 0.0592 e. The topological polar surface area (TPSA) is 0 Å². The van der Waals surface area contributed by atoms with Crippen molar-refractivity contribution >= 4 is 56.4 Å². The lowest BCUT2D eigenvalue weighted by Gasteiger charge is -1.99. The third-order valence-electron chi connectivity index (χ3n) is 1.78. The second kappa shape index (κ2) is 3.70. The molecule has 2 aromatic rings. The molecule has 0 saturated heterocycles. The fraction of sp³-hybridized carbons (Fsp3) is 0.111. The second-order valence-corrected chi connectivity index (χ2v) is 5.14. The summed E-state index contributed by atoms with van der Waals surface area (Å²) in [5.41, 5.74) is 0. The summed E-state index contributed by atoms with van der Waals surface area (Å²) < 4.78 is 1.22. The minimum absolute atomic E-state index is 0.747. The van der Waals surface area contributed by atoms with Crippen molar-refractivity contribution in [3.8, 4) is 0 Å². The van der Waals surface area contributed by atoms with Gasteiger partial charge in [-0.1, -0.05) is 23.2 Å². The molecule has 1 aromatic carbocycles. The van der Waals surface area contributed by atoms with Crippen LogP contribution in [0, 0.1) is 0 Å². The van der Waals surface area contributed by atoms with Gasteiger partial charge in [0.1, 0.15) is 0 Å². The molecule has 0 aliphatic carbocycles. The van der Waals surface area contributed by atoms with Crippen molar-refractivity contribution < 1.29 is 0 Å². The number of hydrogen-bond donors (Lipinski definition) is 0. The molecular formula is C9H6Cl2S2. The van der Waals surface area contributed by atoms with Gasteiger partial charge in [-0.3, -0.25) is 0 Å². The Balaban J connectivity index is 2.84. The highest BCUT2D eigenvalue weighted by atomic mass is 35.5. The van der Waals surface area contributed by atoms with Crippen molar-refractivity contribution in [2.75, 3.05) is 6.26 Å². The zero-order valence-corrected chi connectivity index (χ0v) is 9.95. The fourth-order valence-corrected chi connectivity index (χ4v) is 3.57. The number of halogens is 2. The molecule has 1 heterocycles. The maximum absolute atomic E-state index is 6.02. The zero-order chi connectivity index (χ0) is 9.42. The number of rotatable bonds is 1. The first kappa shape index (κ1) is 9.66. The van der Waals surface area contributed by atoms with Crippen molar-refractivity contribution in [2.24, 2.45) is 0 Å². The van der Waals surface area contributed by atoms with E-state index >= 15 is 0 Å². The molecular weight excluding hydrogens is 243 g/mol. The van der Waals surface area contributed by atoms with Gasteiger partial charge >= 0.3 is 0 Å². The number of hydrogen-bond acceptors (Lipinski definition) is 2. The zero-order valence-electron chi connectivity index (χ0n) is 6.80. The van der Waals surface area contributed by atoms with Crippen molar-refractivity contribution in [2.45, 2.75) is 4.90 Å². The summed E-state index contributed by atoms with van der Waals surface area (Å²) in [5.74, 6) is 0. The molecule has 0 unspecified atom stereocenters. The molecule has 0 bridgehead atoms. The van der Waals surface area contributed by atoms with Gasteiger partial charge in [-0.2, -0.15) is 0 Å². The Morgan fingerprint density at radius 2 is 2.08 bits per heavy atom. The molecule has 0 N–H and O–H groups in total. The van der Waals surface area contributed by atoms with Gasteiger partial charge in [0.25, 0.3) is 0 Å². The van der Waals surface area contributed by atoms with Gasteiger partial charge in [0.05, 0.1) is 5.02 Å². The third kappa shape index (κ3) is 1.68. The number of thiophene rings is 1. The van der Waals surface area contributed by atoms with E-state index in [1.807, 2.05) is 23.8 Å². The van der Waals surface area contributed by atoms with E-state index in [1.54, 1.807) is 23.1 Å². The fourth-order valence-electron chi connectivity index (χ4n) is 1.19. The van der Waals surface area contributed by atoms with Crippen LogP contribution < -0.4 is 0 Å². The largest absolute Gasteiger partial charge is 0.141 e.